The molecule has 1 fully saturated rings. The molecule has 0 aromatic rings. The van der Waals surface area contributed by atoms with Crippen LogP contribution in [0.4, 0.5) is 0 Å². The van der Waals surface area contributed by atoms with Crippen molar-refractivity contribution in [2.24, 2.45) is 5.73 Å². The van der Waals surface area contributed by atoms with E-state index in [-0.39, 0.29) is 6.42 Å². The third-order valence-electron chi connectivity index (χ3n) is 2.78. The van der Waals surface area contributed by atoms with Crippen LogP contribution in [0, 0.1) is 0 Å². The zero-order valence-corrected chi connectivity index (χ0v) is 8.91. The SMILES string of the molecule is CCC(=O)C1(O)O[C@H](CO)[C@@H](O)[C@H](O)[C@@H]1N. The molecule has 0 saturated carbocycles. The molecule has 7 nitrogen and oxygen atoms in total. The van der Waals surface area contributed by atoms with Crippen LogP contribution < -0.4 is 5.73 Å². The lowest BCUT2D eigenvalue weighted by Gasteiger charge is -2.45. The largest absolute Gasteiger partial charge is 0.394 e. The summed E-state index contributed by atoms with van der Waals surface area (Å²) in [4.78, 5) is 11.5. The third-order valence-corrected chi connectivity index (χ3v) is 2.78. The fourth-order valence-electron chi connectivity index (χ4n) is 1.69. The molecule has 6 N–H and O–H groups in total. The number of nitrogens with two attached hydrogens (primary N) is 1. The van der Waals surface area contributed by atoms with Gasteiger partial charge < -0.3 is 30.9 Å². The van der Waals surface area contributed by atoms with E-state index in [4.69, 9.17) is 15.6 Å². The van der Waals surface area contributed by atoms with Gasteiger partial charge in [-0.1, -0.05) is 6.92 Å². The van der Waals surface area contributed by atoms with Crippen LogP contribution >= 0.6 is 0 Å². The number of aliphatic hydroxyl groups excluding tert-OH is 3. The lowest BCUT2D eigenvalue weighted by atomic mass is 9.88. The van der Waals surface area contributed by atoms with Gasteiger partial charge in [-0.2, -0.15) is 0 Å². The summed E-state index contributed by atoms with van der Waals surface area (Å²) in [6.07, 6.45) is -4.25. The van der Waals surface area contributed by atoms with E-state index in [0.29, 0.717) is 0 Å². The lowest BCUT2D eigenvalue weighted by Crippen LogP contribution is -2.71. The Morgan fingerprint density at radius 1 is 1.44 bits per heavy atom. The molecule has 1 unspecified atom stereocenters. The van der Waals surface area contributed by atoms with Gasteiger partial charge in [0.1, 0.15) is 18.3 Å². The Labute approximate surface area is 92.4 Å². The number of ketones is 1. The highest BCUT2D eigenvalue weighted by Crippen LogP contribution is 2.28. The van der Waals surface area contributed by atoms with Crippen LogP contribution in [0.5, 0.6) is 0 Å². The molecule has 1 heterocycles. The van der Waals surface area contributed by atoms with Crippen molar-refractivity contribution in [1.29, 1.82) is 0 Å². The van der Waals surface area contributed by atoms with Crippen molar-refractivity contribution < 1.29 is 30.0 Å². The molecule has 7 heteroatoms. The first kappa shape index (κ1) is 13.5. The number of hydrogen-bond donors (Lipinski definition) is 5. The Morgan fingerprint density at radius 3 is 2.44 bits per heavy atom. The molecule has 1 aliphatic heterocycles. The number of hydrogen-bond acceptors (Lipinski definition) is 7. The van der Waals surface area contributed by atoms with Gasteiger partial charge in [0.15, 0.2) is 5.78 Å². The van der Waals surface area contributed by atoms with Crippen LogP contribution in [0.15, 0.2) is 0 Å². The van der Waals surface area contributed by atoms with Crippen LogP contribution in [0.1, 0.15) is 13.3 Å². The number of rotatable bonds is 3. The van der Waals surface area contributed by atoms with Gasteiger partial charge in [-0.15, -0.1) is 0 Å². The maximum absolute atomic E-state index is 11.5. The Bertz CT molecular complexity index is 271. The molecule has 0 spiro atoms. The van der Waals surface area contributed by atoms with E-state index >= 15 is 0 Å². The fourth-order valence-corrected chi connectivity index (χ4v) is 1.69. The molecular weight excluding hydrogens is 218 g/mol. The summed E-state index contributed by atoms with van der Waals surface area (Å²) in [5.41, 5.74) is 5.45. The van der Waals surface area contributed by atoms with E-state index in [2.05, 4.69) is 0 Å². The minimum absolute atomic E-state index is 0.0365. The lowest BCUT2D eigenvalue weighted by molar-refractivity contribution is -0.297. The Kier molecular flexibility index (Phi) is 4.00. The van der Waals surface area contributed by atoms with Crippen LogP contribution in [0.3, 0.4) is 0 Å². The first-order chi connectivity index (χ1) is 7.38. The second-order valence-corrected chi connectivity index (χ2v) is 3.82. The van der Waals surface area contributed by atoms with Crippen molar-refractivity contribution in [3.05, 3.63) is 0 Å². The second-order valence-electron chi connectivity index (χ2n) is 3.82. The molecule has 0 aromatic carbocycles. The van der Waals surface area contributed by atoms with E-state index in [1.54, 1.807) is 0 Å². The highest BCUT2D eigenvalue weighted by Gasteiger charge is 2.54. The van der Waals surface area contributed by atoms with Crippen molar-refractivity contribution >= 4 is 5.78 Å². The van der Waals surface area contributed by atoms with Gasteiger partial charge in [0.05, 0.1) is 12.6 Å². The molecule has 0 aromatic heterocycles. The Balaban J connectivity index is 2.98. The number of carbonyl (C=O) groups excluding carboxylic acids is 1. The van der Waals surface area contributed by atoms with Gasteiger partial charge in [0.25, 0.3) is 0 Å². The summed E-state index contributed by atoms with van der Waals surface area (Å²) in [5.74, 6) is -3.06. The molecule has 0 amide bonds. The molecule has 1 rings (SSSR count). The molecule has 5 atom stereocenters. The van der Waals surface area contributed by atoms with E-state index in [1.165, 1.54) is 6.92 Å². The smallest absolute Gasteiger partial charge is 0.245 e. The summed E-state index contributed by atoms with van der Waals surface area (Å²) in [6, 6.07) is -1.45. The molecule has 94 valence electrons. The van der Waals surface area contributed by atoms with Crippen LogP contribution in [-0.2, 0) is 9.53 Å². The van der Waals surface area contributed by atoms with Crippen LogP contribution in [0.25, 0.3) is 0 Å². The first-order valence-electron chi connectivity index (χ1n) is 5.04. The zero-order chi connectivity index (χ0) is 12.5. The van der Waals surface area contributed by atoms with E-state index in [9.17, 15) is 20.1 Å². The van der Waals surface area contributed by atoms with Crippen molar-refractivity contribution in [1.82, 2.24) is 0 Å². The number of Topliss-reactive ketones (excluding diaryl/α,β-unsaturated/α-hetero) is 1. The standard InChI is InChI=1S/C9H17NO6/c1-2-5(12)9(15)8(10)7(14)6(13)4(3-11)16-9/h4,6-8,11,13-15H,2-3,10H2,1H3/t4-,6-,7+,8+,9?/m1/s1. The number of ether oxygens (including phenoxy) is 1. The summed E-state index contributed by atoms with van der Waals surface area (Å²) in [7, 11) is 0. The molecule has 16 heavy (non-hydrogen) atoms. The van der Waals surface area contributed by atoms with E-state index < -0.39 is 42.5 Å². The number of carbonyl (C=O) groups is 1. The minimum atomic E-state index is -2.36. The van der Waals surface area contributed by atoms with Gasteiger partial charge in [-0.05, 0) is 0 Å². The average Bonchev–Trinajstić information content (AvgIpc) is 2.30. The summed E-state index contributed by atoms with van der Waals surface area (Å²) in [5, 5.41) is 37.8. The normalized spacial score (nSPS) is 44.4. The number of aliphatic hydroxyl groups is 4. The van der Waals surface area contributed by atoms with E-state index in [1.807, 2.05) is 0 Å². The third kappa shape index (κ3) is 1.97. The average molecular weight is 235 g/mol. The predicted molar refractivity (Wildman–Crippen MR) is 52.2 cm³/mol. The molecule has 0 bridgehead atoms. The predicted octanol–water partition coefficient (Wildman–Crippen LogP) is -2.91. The second kappa shape index (κ2) is 4.74. The molecule has 1 saturated heterocycles. The van der Waals surface area contributed by atoms with Gasteiger partial charge in [0.2, 0.25) is 5.79 Å². The van der Waals surface area contributed by atoms with E-state index in [0.717, 1.165) is 0 Å². The zero-order valence-electron chi connectivity index (χ0n) is 8.91. The van der Waals surface area contributed by atoms with Gasteiger partial charge in [0, 0.05) is 6.42 Å². The van der Waals surface area contributed by atoms with Crippen molar-refractivity contribution in [3.8, 4) is 0 Å². The first-order valence-corrected chi connectivity index (χ1v) is 5.04. The summed E-state index contributed by atoms with van der Waals surface area (Å²) in [6.45, 7) is 0.867. The molecule has 0 aliphatic carbocycles. The topological polar surface area (TPSA) is 133 Å². The highest BCUT2D eigenvalue weighted by atomic mass is 16.7. The maximum Gasteiger partial charge on any atom is 0.245 e. The van der Waals surface area contributed by atoms with Crippen LogP contribution in [0.2, 0.25) is 0 Å². The van der Waals surface area contributed by atoms with Crippen molar-refractivity contribution in [3.63, 3.8) is 0 Å². The molecule has 1 aliphatic rings. The van der Waals surface area contributed by atoms with Crippen molar-refractivity contribution in [2.45, 2.75) is 43.5 Å². The summed E-state index contributed by atoms with van der Waals surface area (Å²) < 4.78 is 4.89. The quantitative estimate of drug-likeness (QED) is 0.354. The van der Waals surface area contributed by atoms with Crippen LogP contribution in [-0.4, -0.2) is 63.0 Å². The monoisotopic (exact) mass is 235 g/mol. The maximum atomic E-state index is 11.5. The summed E-state index contributed by atoms with van der Waals surface area (Å²) >= 11 is 0. The Morgan fingerprint density at radius 2 is 2.00 bits per heavy atom. The fraction of sp³-hybridized carbons (Fsp3) is 0.889. The van der Waals surface area contributed by atoms with Gasteiger partial charge in [-0.3, -0.25) is 4.79 Å². The van der Waals surface area contributed by atoms with Gasteiger partial charge >= 0.3 is 0 Å². The Hall–Kier alpha value is -0.570. The molecular formula is C9H17NO6. The van der Waals surface area contributed by atoms with Crippen molar-refractivity contribution in [2.75, 3.05) is 6.61 Å². The highest BCUT2D eigenvalue weighted by molar-refractivity contribution is 5.86. The van der Waals surface area contributed by atoms with Gasteiger partial charge in [-0.25, -0.2) is 0 Å². The minimum Gasteiger partial charge on any atom is -0.394 e. The molecule has 0 radical (unpaired) electrons.